The van der Waals surface area contributed by atoms with Crippen molar-refractivity contribution in [3.8, 4) is 5.75 Å². The first-order chi connectivity index (χ1) is 7.19. The largest absolute Gasteiger partial charge is 0.496 e. The third kappa shape index (κ3) is 3.38. The molecule has 4 heteroatoms. The minimum atomic E-state index is 0.509. The number of aryl methyl sites for hydroxylation is 1. The van der Waals surface area contributed by atoms with Gasteiger partial charge in [0.1, 0.15) is 5.75 Å². The number of nitrogens with one attached hydrogen (secondary N) is 1. The Bertz CT molecular complexity index is 329. The van der Waals surface area contributed by atoms with E-state index < -0.39 is 0 Å². The molecule has 1 aromatic rings. The summed E-state index contributed by atoms with van der Waals surface area (Å²) < 4.78 is 10.2. The van der Waals surface area contributed by atoms with Crippen LogP contribution in [-0.2, 0) is 11.3 Å². The highest BCUT2D eigenvalue weighted by molar-refractivity contribution is 6.30. The van der Waals surface area contributed by atoms with Crippen LogP contribution in [0.3, 0.4) is 0 Å². The number of halogens is 1. The Kier molecular flexibility index (Phi) is 4.88. The average Bonchev–Trinajstić information content (AvgIpc) is 2.17. The lowest BCUT2D eigenvalue weighted by Crippen LogP contribution is -2.16. The summed E-state index contributed by atoms with van der Waals surface area (Å²) in [6.45, 7) is 3.16. The van der Waals surface area contributed by atoms with E-state index in [2.05, 4.69) is 5.32 Å². The van der Waals surface area contributed by atoms with Crippen molar-refractivity contribution in [2.45, 2.75) is 13.5 Å². The van der Waals surface area contributed by atoms with Crippen LogP contribution in [0, 0.1) is 6.92 Å². The average molecular weight is 230 g/mol. The second kappa shape index (κ2) is 5.95. The van der Waals surface area contributed by atoms with Crippen molar-refractivity contribution in [1.29, 1.82) is 0 Å². The number of ether oxygens (including phenoxy) is 2. The van der Waals surface area contributed by atoms with E-state index in [9.17, 15) is 0 Å². The fourth-order valence-corrected chi connectivity index (χ4v) is 1.81. The zero-order chi connectivity index (χ0) is 11.3. The van der Waals surface area contributed by atoms with Crippen molar-refractivity contribution >= 4 is 11.6 Å². The Morgan fingerprint density at radius 2 is 2.07 bits per heavy atom. The molecule has 0 bridgehead atoms. The van der Waals surface area contributed by atoms with Crippen LogP contribution in [0.4, 0.5) is 0 Å². The zero-order valence-electron chi connectivity index (χ0n) is 9.26. The van der Waals surface area contributed by atoms with Crippen molar-refractivity contribution < 1.29 is 9.47 Å². The summed E-state index contributed by atoms with van der Waals surface area (Å²) in [5.74, 6) is 0.878. The van der Waals surface area contributed by atoms with Crippen molar-refractivity contribution in [2.24, 2.45) is 0 Å². The van der Waals surface area contributed by atoms with E-state index in [1.54, 1.807) is 14.2 Å². The number of methoxy groups -OCH3 is 2. The third-order valence-electron chi connectivity index (χ3n) is 2.08. The third-order valence-corrected chi connectivity index (χ3v) is 2.30. The van der Waals surface area contributed by atoms with Crippen LogP contribution in [0.2, 0.25) is 5.02 Å². The number of rotatable bonds is 5. The molecule has 0 fully saturated rings. The fourth-order valence-electron chi connectivity index (χ4n) is 1.51. The molecular weight excluding hydrogens is 214 g/mol. The zero-order valence-corrected chi connectivity index (χ0v) is 10.0. The van der Waals surface area contributed by atoms with Crippen molar-refractivity contribution in [3.63, 3.8) is 0 Å². The van der Waals surface area contributed by atoms with Crippen LogP contribution >= 0.6 is 11.6 Å². The summed E-state index contributed by atoms with van der Waals surface area (Å²) in [6.07, 6.45) is 0. The lowest BCUT2D eigenvalue weighted by molar-refractivity contribution is 0.174. The molecule has 0 saturated heterocycles. The molecule has 0 aromatic heterocycles. The van der Waals surface area contributed by atoms with Gasteiger partial charge >= 0.3 is 0 Å². The molecule has 0 aliphatic heterocycles. The molecule has 0 saturated carbocycles. The molecule has 3 nitrogen and oxygen atoms in total. The Morgan fingerprint density at radius 3 is 2.67 bits per heavy atom. The Balaban J connectivity index is 2.84. The van der Waals surface area contributed by atoms with Gasteiger partial charge in [0.25, 0.3) is 0 Å². The minimum Gasteiger partial charge on any atom is -0.496 e. The van der Waals surface area contributed by atoms with Crippen molar-refractivity contribution in [2.75, 3.05) is 21.0 Å². The quantitative estimate of drug-likeness (QED) is 0.621. The first-order valence-electron chi connectivity index (χ1n) is 4.71. The topological polar surface area (TPSA) is 30.5 Å². The molecule has 1 N–H and O–H groups in total. The van der Waals surface area contributed by atoms with E-state index in [-0.39, 0.29) is 0 Å². The second-order valence-corrected chi connectivity index (χ2v) is 3.71. The van der Waals surface area contributed by atoms with E-state index in [0.717, 1.165) is 21.9 Å². The van der Waals surface area contributed by atoms with Crippen LogP contribution in [0.25, 0.3) is 0 Å². The minimum absolute atomic E-state index is 0.509. The van der Waals surface area contributed by atoms with Gasteiger partial charge in [-0.1, -0.05) is 11.6 Å². The van der Waals surface area contributed by atoms with Gasteiger partial charge in [0.2, 0.25) is 0 Å². The lowest BCUT2D eigenvalue weighted by Gasteiger charge is -2.12. The first kappa shape index (κ1) is 12.3. The van der Waals surface area contributed by atoms with Gasteiger partial charge in [-0.2, -0.15) is 0 Å². The summed E-state index contributed by atoms with van der Waals surface area (Å²) in [5.41, 5.74) is 2.08. The Morgan fingerprint density at radius 1 is 1.33 bits per heavy atom. The summed E-state index contributed by atoms with van der Waals surface area (Å²) in [4.78, 5) is 0. The summed E-state index contributed by atoms with van der Waals surface area (Å²) in [6, 6.07) is 3.79. The van der Waals surface area contributed by atoms with Crippen LogP contribution in [0.5, 0.6) is 5.75 Å². The van der Waals surface area contributed by atoms with Crippen LogP contribution in [0.1, 0.15) is 11.1 Å². The highest BCUT2D eigenvalue weighted by atomic mass is 35.5. The van der Waals surface area contributed by atoms with Crippen LogP contribution < -0.4 is 10.1 Å². The van der Waals surface area contributed by atoms with E-state index in [1.807, 2.05) is 19.1 Å². The number of hydrogen-bond donors (Lipinski definition) is 1. The molecule has 0 amide bonds. The van der Waals surface area contributed by atoms with E-state index >= 15 is 0 Å². The summed E-state index contributed by atoms with van der Waals surface area (Å²) in [7, 11) is 3.31. The Labute approximate surface area is 95.3 Å². The molecular formula is C11H16ClNO2. The van der Waals surface area contributed by atoms with Crippen molar-refractivity contribution in [1.82, 2.24) is 5.32 Å². The maximum absolute atomic E-state index is 5.98. The summed E-state index contributed by atoms with van der Waals surface area (Å²) in [5, 5.41) is 3.84. The van der Waals surface area contributed by atoms with E-state index in [4.69, 9.17) is 21.1 Å². The molecule has 0 spiro atoms. The van der Waals surface area contributed by atoms with Crippen LogP contribution in [0.15, 0.2) is 12.1 Å². The van der Waals surface area contributed by atoms with Crippen molar-refractivity contribution in [3.05, 3.63) is 28.3 Å². The molecule has 0 aliphatic rings. The first-order valence-corrected chi connectivity index (χ1v) is 5.09. The lowest BCUT2D eigenvalue weighted by atomic mass is 10.1. The molecule has 0 atom stereocenters. The smallest absolute Gasteiger partial charge is 0.126 e. The normalized spacial score (nSPS) is 10.4. The van der Waals surface area contributed by atoms with Gasteiger partial charge in [-0.25, -0.2) is 0 Å². The molecule has 0 radical (unpaired) electrons. The molecule has 0 heterocycles. The van der Waals surface area contributed by atoms with Gasteiger partial charge in [-0.05, 0) is 24.6 Å². The van der Waals surface area contributed by atoms with Gasteiger partial charge in [-0.3, -0.25) is 5.32 Å². The van der Waals surface area contributed by atoms with Gasteiger partial charge in [0.15, 0.2) is 0 Å². The number of benzene rings is 1. The summed E-state index contributed by atoms with van der Waals surface area (Å²) >= 11 is 5.98. The fraction of sp³-hybridized carbons (Fsp3) is 0.455. The van der Waals surface area contributed by atoms with Crippen LogP contribution in [-0.4, -0.2) is 21.0 Å². The molecule has 84 valence electrons. The molecule has 1 aromatic carbocycles. The standard InChI is InChI=1S/C11H16ClNO2/c1-8-4-10(12)5-9(11(8)15-3)6-13-7-14-2/h4-5,13H,6-7H2,1-3H3. The van der Waals surface area contributed by atoms with Gasteiger partial charge in [0.05, 0.1) is 13.8 Å². The van der Waals surface area contributed by atoms with Gasteiger partial charge in [-0.15, -0.1) is 0 Å². The maximum atomic E-state index is 5.98. The predicted molar refractivity (Wildman–Crippen MR) is 61.5 cm³/mol. The second-order valence-electron chi connectivity index (χ2n) is 3.27. The highest BCUT2D eigenvalue weighted by Crippen LogP contribution is 2.27. The monoisotopic (exact) mass is 229 g/mol. The van der Waals surface area contributed by atoms with E-state index in [1.165, 1.54) is 0 Å². The number of hydrogen-bond acceptors (Lipinski definition) is 3. The molecule has 15 heavy (non-hydrogen) atoms. The van der Waals surface area contributed by atoms with E-state index in [0.29, 0.717) is 13.3 Å². The molecule has 0 unspecified atom stereocenters. The van der Waals surface area contributed by atoms with Gasteiger partial charge < -0.3 is 9.47 Å². The molecule has 0 aliphatic carbocycles. The highest BCUT2D eigenvalue weighted by Gasteiger charge is 2.07. The molecule has 1 rings (SSSR count). The van der Waals surface area contributed by atoms with Gasteiger partial charge in [0, 0.05) is 24.2 Å². The Hall–Kier alpha value is -0.770. The maximum Gasteiger partial charge on any atom is 0.126 e. The predicted octanol–water partition coefficient (Wildman–Crippen LogP) is 2.35. The SMILES string of the molecule is COCNCc1cc(Cl)cc(C)c1OC.